The number of nitrogens with zero attached hydrogens (tertiary/aromatic N) is 2. The molecule has 2 nitrogen and oxygen atoms in total. The molecule has 0 saturated heterocycles. The third-order valence-corrected chi connectivity index (χ3v) is 1.55. The molecule has 0 bridgehead atoms. The molecule has 1 aromatic rings. The van der Waals surface area contributed by atoms with Gasteiger partial charge in [-0.05, 0) is 18.2 Å². The molecule has 0 aromatic carbocycles. The van der Waals surface area contributed by atoms with Crippen LogP contribution in [0.25, 0.3) is 0 Å². The predicted octanol–water partition coefficient (Wildman–Crippen LogP) is 3.78. The summed E-state index contributed by atoms with van der Waals surface area (Å²) in [6.07, 6.45) is 8.59. The van der Waals surface area contributed by atoms with Crippen molar-refractivity contribution < 1.29 is 0 Å². The fourth-order valence-corrected chi connectivity index (χ4v) is 0.966. The summed E-state index contributed by atoms with van der Waals surface area (Å²) < 4.78 is 0. The molecule has 2 heteroatoms. The lowest BCUT2D eigenvalue weighted by atomic mass is 10.2. The van der Waals surface area contributed by atoms with Crippen molar-refractivity contribution in [1.82, 2.24) is 4.98 Å². The SMILES string of the molecule is C=C/C=C\C(=NC=C)c1ccccn1.CC. The molecule has 0 amide bonds. The lowest BCUT2D eigenvalue weighted by Gasteiger charge is -1.97. The zero-order valence-corrected chi connectivity index (χ0v) is 9.93. The average Bonchev–Trinajstić information content (AvgIpc) is 2.38. The topological polar surface area (TPSA) is 25.2 Å². The Hall–Kier alpha value is -1.96. The predicted molar refractivity (Wildman–Crippen MR) is 71.7 cm³/mol. The second-order valence-corrected chi connectivity index (χ2v) is 2.51. The van der Waals surface area contributed by atoms with E-state index in [-0.39, 0.29) is 0 Å². The van der Waals surface area contributed by atoms with Crippen LogP contribution >= 0.6 is 0 Å². The van der Waals surface area contributed by atoms with Crippen LogP contribution in [0, 0.1) is 0 Å². The van der Waals surface area contributed by atoms with E-state index in [9.17, 15) is 0 Å². The minimum atomic E-state index is 0.778. The van der Waals surface area contributed by atoms with Gasteiger partial charge in [-0.25, -0.2) is 0 Å². The highest BCUT2D eigenvalue weighted by atomic mass is 14.8. The molecule has 0 aliphatic rings. The Morgan fingerprint density at radius 1 is 1.31 bits per heavy atom. The summed E-state index contributed by atoms with van der Waals surface area (Å²) in [7, 11) is 0. The lowest BCUT2D eigenvalue weighted by molar-refractivity contribution is 1.29. The van der Waals surface area contributed by atoms with Crippen molar-refractivity contribution in [2.45, 2.75) is 13.8 Å². The largest absolute Gasteiger partial charge is 0.255 e. The number of pyridine rings is 1. The second-order valence-electron chi connectivity index (χ2n) is 2.51. The molecule has 0 aliphatic carbocycles. The van der Waals surface area contributed by atoms with Gasteiger partial charge in [-0.1, -0.05) is 45.2 Å². The Bertz CT molecular complexity index is 362. The zero-order valence-electron chi connectivity index (χ0n) is 9.93. The fourth-order valence-electron chi connectivity index (χ4n) is 0.966. The van der Waals surface area contributed by atoms with Crippen molar-refractivity contribution in [2.24, 2.45) is 4.99 Å². The first kappa shape index (κ1) is 14.0. The quantitative estimate of drug-likeness (QED) is 0.553. The number of rotatable bonds is 4. The van der Waals surface area contributed by atoms with E-state index in [4.69, 9.17) is 0 Å². The second kappa shape index (κ2) is 9.59. The van der Waals surface area contributed by atoms with Crippen molar-refractivity contribution in [2.75, 3.05) is 0 Å². The van der Waals surface area contributed by atoms with E-state index in [0.29, 0.717) is 0 Å². The molecular formula is C14H18N2. The van der Waals surface area contributed by atoms with Crippen LogP contribution in [-0.4, -0.2) is 10.7 Å². The number of aliphatic imine (C=N–C) groups is 1. The summed E-state index contributed by atoms with van der Waals surface area (Å²) >= 11 is 0. The van der Waals surface area contributed by atoms with E-state index in [1.54, 1.807) is 12.3 Å². The summed E-state index contributed by atoms with van der Waals surface area (Å²) in [4.78, 5) is 8.30. The maximum atomic E-state index is 4.19. The first-order valence-electron chi connectivity index (χ1n) is 5.27. The Balaban J connectivity index is 0.00000106. The van der Waals surface area contributed by atoms with Crippen LogP contribution in [0.5, 0.6) is 0 Å². The summed E-state index contributed by atoms with van der Waals surface area (Å²) in [5, 5.41) is 0. The standard InChI is InChI=1S/C12H12N2.C2H6/c1-3-5-8-11(13-4-2)12-9-6-7-10-14-12;1-2/h3-10H,1-2H2;1-2H3/b8-5-,13-11?;. The maximum Gasteiger partial charge on any atom is 0.0886 e. The molecule has 0 atom stereocenters. The van der Waals surface area contributed by atoms with Crippen molar-refractivity contribution in [3.63, 3.8) is 0 Å². The lowest BCUT2D eigenvalue weighted by Crippen LogP contribution is -1.98. The third-order valence-electron chi connectivity index (χ3n) is 1.55. The molecule has 1 rings (SSSR count). The molecule has 16 heavy (non-hydrogen) atoms. The highest BCUT2D eigenvalue weighted by Crippen LogP contribution is 1.99. The Labute approximate surface area is 97.8 Å². The summed E-state index contributed by atoms with van der Waals surface area (Å²) in [5.41, 5.74) is 1.60. The van der Waals surface area contributed by atoms with E-state index >= 15 is 0 Å². The molecule has 0 aliphatic heterocycles. The van der Waals surface area contributed by atoms with E-state index in [1.807, 2.05) is 44.2 Å². The van der Waals surface area contributed by atoms with E-state index in [1.165, 1.54) is 6.20 Å². The van der Waals surface area contributed by atoms with Crippen LogP contribution in [0.3, 0.4) is 0 Å². The molecule has 0 saturated carbocycles. The van der Waals surface area contributed by atoms with Gasteiger partial charge in [0.05, 0.1) is 11.4 Å². The molecule has 0 radical (unpaired) electrons. The smallest absolute Gasteiger partial charge is 0.0886 e. The van der Waals surface area contributed by atoms with Crippen LogP contribution in [0.15, 0.2) is 67.0 Å². The van der Waals surface area contributed by atoms with Crippen LogP contribution in [0.1, 0.15) is 19.5 Å². The highest BCUT2D eigenvalue weighted by molar-refractivity contribution is 6.07. The van der Waals surface area contributed by atoms with Gasteiger partial charge >= 0.3 is 0 Å². The molecule has 0 fully saturated rings. The first-order chi connectivity index (χ1) is 7.88. The first-order valence-corrected chi connectivity index (χ1v) is 5.27. The minimum absolute atomic E-state index is 0.778. The Morgan fingerprint density at radius 3 is 2.56 bits per heavy atom. The van der Waals surface area contributed by atoms with Gasteiger partial charge in [0.2, 0.25) is 0 Å². The van der Waals surface area contributed by atoms with Gasteiger partial charge in [0.15, 0.2) is 0 Å². The van der Waals surface area contributed by atoms with Gasteiger partial charge in [0, 0.05) is 12.4 Å². The van der Waals surface area contributed by atoms with E-state index in [2.05, 4.69) is 23.1 Å². The van der Waals surface area contributed by atoms with Gasteiger partial charge in [-0.15, -0.1) is 0 Å². The van der Waals surface area contributed by atoms with Crippen molar-refractivity contribution in [1.29, 1.82) is 0 Å². The van der Waals surface area contributed by atoms with Crippen molar-refractivity contribution >= 4 is 5.71 Å². The molecule has 0 N–H and O–H groups in total. The van der Waals surface area contributed by atoms with Gasteiger partial charge < -0.3 is 0 Å². The van der Waals surface area contributed by atoms with Gasteiger partial charge in [-0.3, -0.25) is 9.98 Å². The van der Waals surface area contributed by atoms with E-state index in [0.717, 1.165) is 11.4 Å². The number of hydrogen-bond donors (Lipinski definition) is 0. The molecule has 84 valence electrons. The molecule has 0 unspecified atom stereocenters. The van der Waals surface area contributed by atoms with Crippen LogP contribution in [0.4, 0.5) is 0 Å². The number of allylic oxidation sites excluding steroid dienone is 3. The van der Waals surface area contributed by atoms with Crippen LogP contribution < -0.4 is 0 Å². The summed E-state index contributed by atoms with van der Waals surface area (Å²) in [5.74, 6) is 0. The van der Waals surface area contributed by atoms with Crippen LogP contribution in [0.2, 0.25) is 0 Å². The van der Waals surface area contributed by atoms with Crippen LogP contribution in [-0.2, 0) is 0 Å². The number of hydrogen-bond acceptors (Lipinski definition) is 2. The van der Waals surface area contributed by atoms with Crippen molar-refractivity contribution in [3.8, 4) is 0 Å². The minimum Gasteiger partial charge on any atom is -0.255 e. The summed E-state index contributed by atoms with van der Waals surface area (Å²) in [6.45, 7) is 11.2. The Morgan fingerprint density at radius 2 is 2.06 bits per heavy atom. The molecule has 1 aromatic heterocycles. The van der Waals surface area contributed by atoms with Gasteiger partial charge in [-0.2, -0.15) is 0 Å². The highest BCUT2D eigenvalue weighted by Gasteiger charge is 1.97. The van der Waals surface area contributed by atoms with Gasteiger partial charge in [0.1, 0.15) is 0 Å². The maximum absolute atomic E-state index is 4.19. The normalized spacial score (nSPS) is 10.5. The fraction of sp³-hybridized carbons (Fsp3) is 0.143. The third kappa shape index (κ3) is 5.05. The molecular weight excluding hydrogens is 196 g/mol. The van der Waals surface area contributed by atoms with Crippen molar-refractivity contribution in [3.05, 3.63) is 67.7 Å². The zero-order chi connectivity index (χ0) is 12.2. The number of aromatic nitrogens is 1. The summed E-state index contributed by atoms with van der Waals surface area (Å²) in [6, 6.07) is 5.69. The molecule has 1 heterocycles. The monoisotopic (exact) mass is 214 g/mol. The van der Waals surface area contributed by atoms with E-state index < -0.39 is 0 Å². The average molecular weight is 214 g/mol. The van der Waals surface area contributed by atoms with Gasteiger partial charge in [0.25, 0.3) is 0 Å². The molecule has 0 spiro atoms. The Kier molecular flexibility index (Phi) is 8.41.